The highest BCUT2D eigenvalue weighted by molar-refractivity contribution is 5.68. The van der Waals surface area contributed by atoms with E-state index in [-0.39, 0.29) is 11.2 Å². The Labute approximate surface area is 92.1 Å². The van der Waals surface area contributed by atoms with Crippen LogP contribution in [0.25, 0.3) is 0 Å². The zero-order valence-electron chi connectivity index (χ0n) is 8.83. The van der Waals surface area contributed by atoms with Gasteiger partial charge in [-0.25, -0.2) is 9.18 Å². The summed E-state index contributed by atoms with van der Waals surface area (Å²) in [5, 5.41) is 0. The standard InChI is InChI=1S/C11H12FNO3/c1-11(5-15-6-11)8-3-2-7(4-9(8)12)16-10(13)14/h2-4H,5-6H2,1H3,(H2,13,14). The lowest BCUT2D eigenvalue weighted by molar-refractivity contribution is -0.0515. The van der Waals surface area contributed by atoms with Crippen LogP contribution in [0.15, 0.2) is 18.2 Å². The smallest absolute Gasteiger partial charge is 0.409 e. The van der Waals surface area contributed by atoms with Gasteiger partial charge in [0.1, 0.15) is 11.6 Å². The number of rotatable bonds is 2. The number of hydrogen-bond donors (Lipinski definition) is 1. The van der Waals surface area contributed by atoms with Gasteiger partial charge >= 0.3 is 6.09 Å². The first kappa shape index (κ1) is 10.9. The molecule has 1 heterocycles. The molecule has 1 amide bonds. The first-order chi connectivity index (χ1) is 7.51. The predicted octanol–water partition coefficient (Wildman–Crippen LogP) is 1.57. The summed E-state index contributed by atoms with van der Waals surface area (Å²) < 4.78 is 23.4. The molecule has 86 valence electrons. The van der Waals surface area contributed by atoms with Crippen molar-refractivity contribution in [2.75, 3.05) is 13.2 Å². The van der Waals surface area contributed by atoms with Crippen molar-refractivity contribution in [1.29, 1.82) is 0 Å². The van der Waals surface area contributed by atoms with Crippen LogP contribution in [0, 0.1) is 5.82 Å². The largest absolute Gasteiger partial charge is 0.410 e. The van der Waals surface area contributed by atoms with Crippen molar-refractivity contribution in [2.45, 2.75) is 12.3 Å². The number of ether oxygens (including phenoxy) is 2. The molecule has 1 aromatic rings. The zero-order chi connectivity index (χ0) is 11.8. The van der Waals surface area contributed by atoms with Gasteiger partial charge in [-0.15, -0.1) is 0 Å². The maximum Gasteiger partial charge on any atom is 0.409 e. The Morgan fingerprint density at radius 1 is 1.56 bits per heavy atom. The van der Waals surface area contributed by atoms with Crippen LogP contribution >= 0.6 is 0 Å². The van der Waals surface area contributed by atoms with Crippen molar-refractivity contribution in [3.05, 3.63) is 29.6 Å². The number of carbonyl (C=O) groups excluding carboxylic acids is 1. The average molecular weight is 225 g/mol. The number of carbonyl (C=O) groups is 1. The van der Waals surface area contributed by atoms with Crippen molar-refractivity contribution in [3.8, 4) is 5.75 Å². The average Bonchev–Trinajstić information content (AvgIpc) is 2.13. The van der Waals surface area contributed by atoms with Gasteiger partial charge in [0.05, 0.1) is 13.2 Å². The quantitative estimate of drug-likeness (QED) is 0.831. The molecule has 1 saturated heterocycles. The van der Waals surface area contributed by atoms with E-state index in [4.69, 9.17) is 10.5 Å². The molecule has 1 aromatic carbocycles. The summed E-state index contributed by atoms with van der Waals surface area (Å²) >= 11 is 0. The Kier molecular flexibility index (Phi) is 2.55. The Morgan fingerprint density at radius 3 is 2.69 bits per heavy atom. The van der Waals surface area contributed by atoms with Crippen molar-refractivity contribution in [3.63, 3.8) is 0 Å². The molecule has 0 saturated carbocycles. The van der Waals surface area contributed by atoms with Crippen LogP contribution in [0.4, 0.5) is 9.18 Å². The van der Waals surface area contributed by atoms with E-state index in [2.05, 4.69) is 4.74 Å². The second-order valence-electron chi connectivity index (χ2n) is 4.12. The fourth-order valence-corrected chi connectivity index (χ4v) is 1.73. The summed E-state index contributed by atoms with van der Waals surface area (Å²) in [6, 6.07) is 4.27. The van der Waals surface area contributed by atoms with Crippen LogP contribution in [0.1, 0.15) is 12.5 Å². The molecule has 0 radical (unpaired) electrons. The zero-order valence-corrected chi connectivity index (χ0v) is 8.83. The molecule has 0 aromatic heterocycles. The van der Waals surface area contributed by atoms with Gasteiger partial charge < -0.3 is 15.2 Å². The fraction of sp³-hybridized carbons (Fsp3) is 0.364. The molecule has 0 unspecified atom stereocenters. The molecule has 2 N–H and O–H groups in total. The molecular weight excluding hydrogens is 213 g/mol. The molecule has 1 aliphatic rings. The normalized spacial score (nSPS) is 17.6. The molecular formula is C11H12FNO3. The van der Waals surface area contributed by atoms with E-state index in [1.54, 1.807) is 6.07 Å². The Hall–Kier alpha value is -1.62. The van der Waals surface area contributed by atoms with Gasteiger partial charge in [-0.2, -0.15) is 0 Å². The van der Waals surface area contributed by atoms with Crippen LogP contribution in [-0.2, 0) is 10.2 Å². The number of nitrogens with two attached hydrogens (primary N) is 1. The molecule has 5 heteroatoms. The van der Waals surface area contributed by atoms with Crippen LogP contribution in [0.2, 0.25) is 0 Å². The summed E-state index contributed by atoms with van der Waals surface area (Å²) in [4.78, 5) is 10.5. The van der Waals surface area contributed by atoms with Gasteiger partial charge in [0.25, 0.3) is 0 Å². The number of primary amides is 1. The molecule has 4 nitrogen and oxygen atoms in total. The number of benzene rings is 1. The summed E-state index contributed by atoms with van der Waals surface area (Å²) in [7, 11) is 0. The van der Waals surface area contributed by atoms with E-state index in [0.29, 0.717) is 18.8 Å². The number of hydrogen-bond acceptors (Lipinski definition) is 3. The molecule has 1 aliphatic heterocycles. The monoisotopic (exact) mass is 225 g/mol. The molecule has 0 aliphatic carbocycles. The lowest BCUT2D eigenvalue weighted by atomic mass is 9.80. The van der Waals surface area contributed by atoms with Crippen molar-refractivity contribution >= 4 is 6.09 Å². The van der Waals surface area contributed by atoms with Crippen LogP contribution in [-0.4, -0.2) is 19.3 Å². The van der Waals surface area contributed by atoms with Gasteiger partial charge in [0, 0.05) is 11.5 Å². The summed E-state index contributed by atoms with van der Waals surface area (Å²) in [6.45, 7) is 2.92. The van der Waals surface area contributed by atoms with E-state index in [1.807, 2.05) is 6.92 Å². The highest BCUT2D eigenvalue weighted by atomic mass is 19.1. The molecule has 16 heavy (non-hydrogen) atoms. The van der Waals surface area contributed by atoms with E-state index in [9.17, 15) is 9.18 Å². The third-order valence-corrected chi connectivity index (χ3v) is 2.65. The molecule has 0 bridgehead atoms. The second-order valence-corrected chi connectivity index (χ2v) is 4.12. The van der Waals surface area contributed by atoms with Crippen molar-refractivity contribution in [2.24, 2.45) is 5.73 Å². The molecule has 1 fully saturated rings. The third-order valence-electron chi connectivity index (χ3n) is 2.65. The van der Waals surface area contributed by atoms with E-state index in [0.717, 1.165) is 6.07 Å². The Morgan fingerprint density at radius 2 is 2.25 bits per heavy atom. The number of halogens is 1. The first-order valence-corrected chi connectivity index (χ1v) is 4.86. The third kappa shape index (κ3) is 1.86. The lowest BCUT2D eigenvalue weighted by Gasteiger charge is -2.38. The predicted molar refractivity (Wildman–Crippen MR) is 54.8 cm³/mol. The number of amides is 1. The van der Waals surface area contributed by atoms with Crippen LogP contribution in [0.5, 0.6) is 5.75 Å². The van der Waals surface area contributed by atoms with Crippen LogP contribution < -0.4 is 10.5 Å². The molecule has 2 rings (SSSR count). The van der Waals surface area contributed by atoms with Gasteiger partial charge in [-0.3, -0.25) is 0 Å². The minimum atomic E-state index is -0.953. The first-order valence-electron chi connectivity index (χ1n) is 4.86. The Balaban J connectivity index is 2.26. The van der Waals surface area contributed by atoms with Gasteiger partial charge in [-0.05, 0) is 11.6 Å². The topological polar surface area (TPSA) is 61.5 Å². The van der Waals surface area contributed by atoms with E-state index >= 15 is 0 Å². The summed E-state index contributed by atoms with van der Waals surface area (Å²) in [5.41, 5.74) is 5.12. The van der Waals surface area contributed by atoms with Gasteiger partial charge in [0.15, 0.2) is 0 Å². The minimum absolute atomic E-state index is 0.109. The minimum Gasteiger partial charge on any atom is -0.410 e. The van der Waals surface area contributed by atoms with E-state index < -0.39 is 11.9 Å². The lowest BCUT2D eigenvalue weighted by Crippen LogP contribution is -2.44. The van der Waals surface area contributed by atoms with Crippen molar-refractivity contribution < 1.29 is 18.7 Å². The maximum atomic E-state index is 13.7. The van der Waals surface area contributed by atoms with Gasteiger partial charge in [0.2, 0.25) is 0 Å². The molecule has 0 atom stereocenters. The van der Waals surface area contributed by atoms with Crippen molar-refractivity contribution in [1.82, 2.24) is 0 Å². The summed E-state index contributed by atoms with van der Waals surface area (Å²) in [5.74, 6) is -0.304. The fourth-order valence-electron chi connectivity index (χ4n) is 1.73. The van der Waals surface area contributed by atoms with Crippen LogP contribution in [0.3, 0.4) is 0 Å². The summed E-state index contributed by atoms with van der Waals surface area (Å²) in [6.07, 6.45) is -0.953. The highest BCUT2D eigenvalue weighted by Crippen LogP contribution is 2.34. The highest BCUT2D eigenvalue weighted by Gasteiger charge is 2.37. The van der Waals surface area contributed by atoms with E-state index in [1.165, 1.54) is 6.07 Å². The maximum absolute atomic E-state index is 13.7. The Bertz CT molecular complexity index is 429. The SMILES string of the molecule is CC1(c2ccc(OC(N)=O)cc2F)COC1. The second kappa shape index (κ2) is 3.75. The molecule has 0 spiro atoms. The van der Waals surface area contributed by atoms with Gasteiger partial charge in [-0.1, -0.05) is 13.0 Å².